The van der Waals surface area contributed by atoms with Gasteiger partial charge < -0.3 is 20.3 Å². The van der Waals surface area contributed by atoms with Crippen molar-refractivity contribution in [3.8, 4) is 5.75 Å². The van der Waals surface area contributed by atoms with Crippen molar-refractivity contribution in [2.75, 3.05) is 27.7 Å². The number of amides is 1. The van der Waals surface area contributed by atoms with Crippen LogP contribution in [0.1, 0.15) is 11.1 Å². The van der Waals surface area contributed by atoms with Crippen LogP contribution in [0.4, 0.5) is 0 Å². The van der Waals surface area contributed by atoms with Gasteiger partial charge >= 0.3 is 0 Å². The molecule has 0 saturated carbocycles. The number of aliphatic imine (C=N–C) groups is 1. The number of carbonyl (C=O) groups excluding carboxylic acids is 1. The predicted molar refractivity (Wildman–Crippen MR) is 125 cm³/mol. The Balaban J connectivity index is 0.00000392. The topological polar surface area (TPSA) is 66.0 Å². The van der Waals surface area contributed by atoms with E-state index in [2.05, 4.69) is 15.6 Å². The minimum absolute atomic E-state index is 0. The Morgan fingerprint density at radius 2 is 1.71 bits per heavy atom. The summed E-state index contributed by atoms with van der Waals surface area (Å²) >= 11 is 5.90. The van der Waals surface area contributed by atoms with E-state index >= 15 is 0 Å². The summed E-state index contributed by atoms with van der Waals surface area (Å²) in [6.45, 7) is 1.25. The van der Waals surface area contributed by atoms with Crippen LogP contribution in [-0.4, -0.2) is 44.5 Å². The number of ether oxygens (including phenoxy) is 1. The SMILES string of the molecule is CN=C(NCc1ccc(Cl)cc1)NCc1cccc(OCC(=O)N(C)C)c1.I. The summed E-state index contributed by atoms with van der Waals surface area (Å²) in [5, 5.41) is 7.23. The number of hydrogen-bond acceptors (Lipinski definition) is 3. The van der Waals surface area contributed by atoms with Gasteiger partial charge in [0.2, 0.25) is 0 Å². The molecule has 0 unspecified atom stereocenters. The molecule has 2 rings (SSSR count). The third-order valence-electron chi connectivity index (χ3n) is 3.82. The molecule has 0 spiro atoms. The van der Waals surface area contributed by atoms with Crippen LogP contribution >= 0.6 is 35.6 Å². The van der Waals surface area contributed by atoms with Crippen LogP contribution in [0, 0.1) is 0 Å². The van der Waals surface area contributed by atoms with Gasteiger partial charge in [-0.1, -0.05) is 35.9 Å². The Kier molecular flexibility index (Phi) is 10.7. The molecule has 0 radical (unpaired) electrons. The fourth-order valence-electron chi connectivity index (χ4n) is 2.21. The maximum Gasteiger partial charge on any atom is 0.259 e. The van der Waals surface area contributed by atoms with Gasteiger partial charge in [-0.05, 0) is 35.4 Å². The number of hydrogen-bond donors (Lipinski definition) is 2. The molecule has 1 amide bonds. The lowest BCUT2D eigenvalue weighted by molar-refractivity contribution is -0.130. The molecule has 0 aliphatic rings. The van der Waals surface area contributed by atoms with Crippen LogP contribution in [0.3, 0.4) is 0 Å². The molecule has 0 heterocycles. The van der Waals surface area contributed by atoms with E-state index in [1.165, 1.54) is 4.90 Å². The summed E-state index contributed by atoms with van der Waals surface area (Å²) in [6.07, 6.45) is 0. The van der Waals surface area contributed by atoms with Gasteiger partial charge in [-0.2, -0.15) is 0 Å². The molecule has 6 nitrogen and oxygen atoms in total. The molecule has 0 atom stereocenters. The first-order valence-corrected chi connectivity index (χ1v) is 8.96. The summed E-state index contributed by atoms with van der Waals surface area (Å²) in [7, 11) is 5.13. The second kappa shape index (κ2) is 12.5. The van der Waals surface area contributed by atoms with Crippen molar-refractivity contribution in [3.05, 3.63) is 64.7 Å². The Morgan fingerprint density at radius 1 is 1.07 bits per heavy atom. The van der Waals surface area contributed by atoms with Crippen LogP contribution < -0.4 is 15.4 Å². The summed E-state index contributed by atoms with van der Waals surface area (Å²) < 4.78 is 5.54. The Hall–Kier alpha value is -2.00. The molecule has 0 aliphatic heterocycles. The molecule has 2 aromatic rings. The Labute approximate surface area is 188 Å². The first-order chi connectivity index (χ1) is 13.0. The van der Waals surface area contributed by atoms with Gasteiger partial charge in [0.15, 0.2) is 12.6 Å². The second-order valence-corrected chi connectivity index (χ2v) is 6.57. The summed E-state index contributed by atoms with van der Waals surface area (Å²) in [5.74, 6) is 1.28. The summed E-state index contributed by atoms with van der Waals surface area (Å²) in [4.78, 5) is 17.3. The molecule has 2 aromatic carbocycles. The summed E-state index contributed by atoms with van der Waals surface area (Å²) in [5.41, 5.74) is 2.14. The molecule has 0 aromatic heterocycles. The van der Waals surface area contributed by atoms with Crippen LogP contribution in [-0.2, 0) is 17.9 Å². The smallest absolute Gasteiger partial charge is 0.259 e. The molecule has 0 saturated heterocycles. The van der Waals surface area contributed by atoms with Crippen molar-refractivity contribution >= 4 is 47.4 Å². The van der Waals surface area contributed by atoms with E-state index in [9.17, 15) is 4.79 Å². The lowest BCUT2D eigenvalue weighted by atomic mass is 10.2. The first kappa shape index (κ1) is 24.0. The standard InChI is InChI=1S/C20H25ClN4O2.HI/c1-22-20(23-12-15-7-9-17(21)10-8-15)24-13-16-5-4-6-18(11-16)27-14-19(26)25(2)3;/h4-11H,12-14H2,1-3H3,(H2,22,23,24);1H. The third-order valence-corrected chi connectivity index (χ3v) is 4.07. The second-order valence-electron chi connectivity index (χ2n) is 6.13. The first-order valence-electron chi connectivity index (χ1n) is 8.59. The van der Waals surface area contributed by atoms with Crippen molar-refractivity contribution in [1.82, 2.24) is 15.5 Å². The molecule has 2 N–H and O–H groups in total. The Bertz CT molecular complexity index is 782. The zero-order chi connectivity index (χ0) is 19.6. The Morgan fingerprint density at radius 3 is 2.32 bits per heavy atom. The van der Waals surface area contributed by atoms with E-state index in [0.717, 1.165) is 16.1 Å². The molecule has 28 heavy (non-hydrogen) atoms. The normalized spacial score (nSPS) is 10.6. The highest BCUT2D eigenvalue weighted by atomic mass is 127. The van der Waals surface area contributed by atoms with Gasteiger partial charge in [-0.15, -0.1) is 24.0 Å². The van der Waals surface area contributed by atoms with Crippen LogP contribution in [0.15, 0.2) is 53.5 Å². The van der Waals surface area contributed by atoms with Gasteiger partial charge in [-0.25, -0.2) is 0 Å². The number of nitrogens with zero attached hydrogens (tertiary/aromatic N) is 2. The van der Waals surface area contributed by atoms with Gasteiger partial charge in [0.25, 0.3) is 5.91 Å². The van der Waals surface area contributed by atoms with Crippen molar-refractivity contribution < 1.29 is 9.53 Å². The van der Waals surface area contributed by atoms with Crippen molar-refractivity contribution in [2.45, 2.75) is 13.1 Å². The van der Waals surface area contributed by atoms with Gasteiger partial charge in [0, 0.05) is 39.3 Å². The van der Waals surface area contributed by atoms with E-state index in [4.69, 9.17) is 16.3 Å². The van der Waals surface area contributed by atoms with E-state index in [-0.39, 0.29) is 36.5 Å². The molecule has 0 aliphatic carbocycles. The average molecular weight is 517 g/mol. The fraction of sp³-hybridized carbons (Fsp3) is 0.300. The fourth-order valence-corrected chi connectivity index (χ4v) is 2.34. The van der Waals surface area contributed by atoms with Gasteiger partial charge in [0.05, 0.1) is 0 Å². The van der Waals surface area contributed by atoms with Crippen LogP contribution in [0.5, 0.6) is 5.75 Å². The largest absolute Gasteiger partial charge is 0.484 e. The van der Waals surface area contributed by atoms with E-state index < -0.39 is 0 Å². The minimum Gasteiger partial charge on any atom is -0.484 e. The number of halogens is 2. The number of guanidine groups is 1. The number of carbonyl (C=O) groups is 1. The molecular formula is C20H26ClIN4O2. The zero-order valence-electron chi connectivity index (χ0n) is 16.2. The minimum atomic E-state index is -0.0784. The van der Waals surface area contributed by atoms with E-state index in [0.29, 0.717) is 24.8 Å². The maximum absolute atomic E-state index is 11.6. The van der Waals surface area contributed by atoms with Gasteiger partial charge in [0.1, 0.15) is 5.75 Å². The monoisotopic (exact) mass is 516 g/mol. The highest BCUT2D eigenvalue weighted by molar-refractivity contribution is 14.0. The van der Waals surface area contributed by atoms with Crippen molar-refractivity contribution in [2.24, 2.45) is 4.99 Å². The van der Waals surface area contributed by atoms with Crippen molar-refractivity contribution in [3.63, 3.8) is 0 Å². The quantitative estimate of drug-likeness (QED) is 0.337. The predicted octanol–water partition coefficient (Wildman–Crippen LogP) is 3.29. The van der Waals surface area contributed by atoms with E-state index in [1.807, 2.05) is 48.5 Å². The molecule has 152 valence electrons. The lowest BCUT2D eigenvalue weighted by Gasteiger charge is -2.14. The number of nitrogens with one attached hydrogen (secondary N) is 2. The number of likely N-dealkylation sites (N-methyl/N-ethyl adjacent to an activating group) is 1. The van der Waals surface area contributed by atoms with Crippen molar-refractivity contribution in [1.29, 1.82) is 0 Å². The van der Waals surface area contributed by atoms with E-state index in [1.54, 1.807) is 21.1 Å². The van der Waals surface area contributed by atoms with Crippen LogP contribution in [0.25, 0.3) is 0 Å². The highest BCUT2D eigenvalue weighted by Crippen LogP contribution is 2.13. The molecular weight excluding hydrogens is 491 g/mol. The van der Waals surface area contributed by atoms with Crippen LogP contribution in [0.2, 0.25) is 5.02 Å². The number of rotatable bonds is 7. The molecule has 8 heteroatoms. The maximum atomic E-state index is 11.6. The lowest BCUT2D eigenvalue weighted by Crippen LogP contribution is -2.36. The number of benzene rings is 2. The third kappa shape index (κ3) is 8.35. The zero-order valence-corrected chi connectivity index (χ0v) is 19.3. The molecule has 0 fully saturated rings. The highest BCUT2D eigenvalue weighted by Gasteiger charge is 2.06. The molecule has 0 bridgehead atoms. The summed E-state index contributed by atoms with van der Waals surface area (Å²) in [6, 6.07) is 15.3. The van der Waals surface area contributed by atoms with Gasteiger partial charge in [-0.3, -0.25) is 9.79 Å². The average Bonchev–Trinajstić information content (AvgIpc) is 2.67.